The molecule has 18 heavy (non-hydrogen) atoms. The van der Waals surface area contributed by atoms with Gasteiger partial charge in [0, 0.05) is 12.6 Å². The van der Waals surface area contributed by atoms with Crippen molar-refractivity contribution in [2.45, 2.75) is 52.1 Å². The van der Waals surface area contributed by atoms with E-state index in [4.69, 9.17) is 0 Å². The first-order chi connectivity index (χ1) is 8.25. The molecule has 1 fully saturated rings. The van der Waals surface area contributed by atoms with Crippen LogP contribution in [-0.4, -0.2) is 6.04 Å². The van der Waals surface area contributed by atoms with E-state index < -0.39 is 0 Å². The maximum Gasteiger partial charge on any atom is 0.0208 e. The Kier molecular flexibility index (Phi) is 6.73. The second kappa shape index (κ2) is 7.81. The summed E-state index contributed by atoms with van der Waals surface area (Å²) in [6.07, 6.45) is 5.53. The molecule has 0 spiro atoms. The Hall–Kier alpha value is -0.530. The molecule has 0 atom stereocenters. The first-order valence-corrected chi connectivity index (χ1v) is 7.03. The lowest BCUT2D eigenvalue weighted by atomic mass is 9.80. The van der Waals surface area contributed by atoms with Crippen molar-refractivity contribution < 1.29 is 0 Å². The molecule has 0 amide bonds. The van der Waals surface area contributed by atoms with Crippen LogP contribution in [0.4, 0.5) is 0 Å². The summed E-state index contributed by atoms with van der Waals surface area (Å²) in [4.78, 5) is 0. The maximum absolute atomic E-state index is 3.70. The van der Waals surface area contributed by atoms with Gasteiger partial charge in [-0.25, -0.2) is 0 Å². The van der Waals surface area contributed by atoms with Gasteiger partial charge in [-0.05, 0) is 43.1 Å². The van der Waals surface area contributed by atoms with E-state index in [0.29, 0.717) is 0 Å². The third-order valence-electron chi connectivity index (χ3n) is 4.15. The second-order valence-corrected chi connectivity index (χ2v) is 5.72. The van der Waals surface area contributed by atoms with Gasteiger partial charge in [-0.1, -0.05) is 44.2 Å². The molecular weight excluding hydrogens is 242 g/mol. The van der Waals surface area contributed by atoms with Gasteiger partial charge >= 0.3 is 0 Å². The summed E-state index contributed by atoms with van der Waals surface area (Å²) in [7, 11) is 0. The van der Waals surface area contributed by atoms with E-state index in [9.17, 15) is 0 Å². The Morgan fingerprint density at radius 2 is 1.67 bits per heavy atom. The van der Waals surface area contributed by atoms with Crippen LogP contribution in [0.25, 0.3) is 0 Å². The predicted octanol–water partition coefficient (Wildman–Crippen LogP) is 4.41. The highest BCUT2D eigenvalue weighted by atomic mass is 35.5. The Bertz CT molecular complexity index is 315. The van der Waals surface area contributed by atoms with Crippen LogP contribution in [0.3, 0.4) is 0 Å². The molecular formula is C16H26ClN. The Morgan fingerprint density at radius 1 is 1.06 bits per heavy atom. The molecule has 1 aromatic rings. The van der Waals surface area contributed by atoms with E-state index in [2.05, 4.69) is 49.5 Å². The Morgan fingerprint density at radius 3 is 2.22 bits per heavy atom. The van der Waals surface area contributed by atoms with Crippen molar-refractivity contribution in [3.05, 3.63) is 35.9 Å². The van der Waals surface area contributed by atoms with E-state index in [1.165, 1.54) is 31.2 Å². The van der Waals surface area contributed by atoms with Gasteiger partial charge in [0.05, 0.1) is 0 Å². The molecule has 0 bridgehead atoms. The zero-order valence-electron chi connectivity index (χ0n) is 11.6. The summed E-state index contributed by atoms with van der Waals surface area (Å²) in [6.45, 7) is 5.75. The second-order valence-electron chi connectivity index (χ2n) is 5.72. The standard InChI is InChI=1S/C16H25N.ClH/c1-13(2)15-8-10-16(11-9-15)17-12-14-6-4-3-5-7-14;/h3-7,13,15-17H,8-12H2,1-2H3;1H/t15-,16-;. The van der Waals surface area contributed by atoms with E-state index in [0.717, 1.165) is 24.4 Å². The fourth-order valence-corrected chi connectivity index (χ4v) is 2.85. The smallest absolute Gasteiger partial charge is 0.0208 e. The minimum Gasteiger partial charge on any atom is -0.310 e. The number of rotatable bonds is 4. The fraction of sp³-hybridized carbons (Fsp3) is 0.625. The van der Waals surface area contributed by atoms with Gasteiger partial charge in [0.15, 0.2) is 0 Å². The molecule has 1 aromatic carbocycles. The van der Waals surface area contributed by atoms with Crippen LogP contribution < -0.4 is 5.32 Å². The SMILES string of the molecule is CC(C)[C@H]1CC[C@H](NCc2ccccc2)CC1.Cl. The van der Waals surface area contributed by atoms with Gasteiger partial charge in [0.25, 0.3) is 0 Å². The van der Waals surface area contributed by atoms with Crippen LogP contribution in [0.15, 0.2) is 30.3 Å². The van der Waals surface area contributed by atoms with Crippen molar-refractivity contribution in [2.24, 2.45) is 11.8 Å². The molecule has 1 N–H and O–H groups in total. The molecule has 1 aliphatic carbocycles. The van der Waals surface area contributed by atoms with E-state index >= 15 is 0 Å². The Labute approximate surface area is 118 Å². The van der Waals surface area contributed by atoms with Crippen LogP contribution in [0.5, 0.6) is 0 Å². The third kappa shape index (κ3) is 4.62. The average Bonchev–Trinajstić information content (AvgIpc) is 2.38. The van der Waals surface area contributed by atoms with Crippen LogP contribution in [0.1, 0.15) is 45.1 Å². The zero-order chi connectivity index (χ0) is 12.1. The molecule has 0 saturated heterocycles. The summed E-state index contributed by atoms with van der Waals surface area (Å²) in [5, 5.41) is 3.70. The maximum atomic E-state index is 3.70. The third-order valence-corrected chi connectivity index (χ3v) is 4.15. The van der Waals surface area contributed by atoms with E-state index in [1.54, 1.807) is 0 Å². The van der Waals surface area contributed by atoms with Gasteiger partial charge in [-0.2, -0.15) is 0 Å². The molecule has 0 radical (unpaired) electrons. The zero-order valence-corrected chi connectivity index (χ0v) is 12.4. The summed E-state index contributed by atoms with van der Waals surface area (Å²) in [5.74, 6) is 1.83. The van der Waals surface area contributed by atoms with Crippen molar-refractivity contribution in [3.8, 4) is 0 Å². The lowest BCUT2D eigenvalue weighted by Crippen LogP contribution is -2.33. The molecule has 2 rings (SSSR count). The van der Waals surface area contributed by atoms with Crippen LogP contribution in [0, 0.1) is 11.8 Å². The first-order valence-electron chi connectivity index (χ1n) is 7.03. The minimum absolute atomic E-state index is 0. The van der Waals surface area contributed by atoms with Gasteiger partial charge < -0.3 is 5.32 Å². The van der Waals surface area contributed by atoms with E-state index in [-0.39, 0.29) is 12.4 Å². The lowest BCUT2D eigenvalue weighted by molar-refractivity contribution is 0.238. The van der Waals surface area contributed by atoms with Crippen molar-refractivity contribution >= 4 is 12.4 Å². The van der Waals surface area contributed by atoms with Gasteiger partial charge in [-0.3, -0.25) is 0 Å². The van der Waals surface area contributed by atoms with Gasteiger partial charge in [0.1, 0.15) is 0 Å². The van der Waals surface area contributed by atoms with Crippen LogP contribution in [0.2, 0.25) is 0 Å². The monoisotopic (exact) mass is 267 g/mol. The van der Waals surface area contributed by atoms with Crippen molar-refractivity contribution in [1.29, 1.82) is 0 Å². The number of hydrogen-bond acceptors (Lipinski definition) is 1. The van der Waals surface area contributed by atoms with Crippen molar-refractivity contribution in [1.82, 2.24) is 5.32 Å². The summed E-state index contributed by atoms with van der Waals surface area (Å²) in [6, 6.07) is 11.5. The first kappa shape index (κ1) is 15.5. The summed E-state index contributed by atoms with van der Waals surface area (Å²) < 4.78 is 0. The molecule has 0 unspecified atom stereocenters. The normalized spacial score (nSPS) is 23.7. The molecule has 1 saturated carbocycles. The minimum atomic E-state index is 0. The number of halogens is 1. The quantitative estimate of drug-likeness (QED) is 0.852. The number of hydrogen-bond donors (Lipinski definition) is 1. The molecule has 0 heterocycles. The van der Waals surface area contributed by atoms with Crippen molar-refractivity contribution in [2.75, 3.05) is 0 Å². The lowest BCUT2D eigenvalue weighted by Gasteiger charge is -2.31. The highest BCUT2D eigenvalue weighted by Crippen LogP contribution is 2.29. The topological polar surface area (TPSA) is 12.0 Å². The largest absolute Gasteiger partial charge is 0.310 e. The number of benzene rings is 1. The van der Waals surface area contributed by atoms with Crippen molar-refractivity contribution in [3.63, 3.8) is 0 Å². The molecule has 102 valence electrons. The summed E-state index contributed by atoms with van der Waals surface area (Å²) >= 11 is 0. The predicted molar refractivity (Wildman–Crippen MR) is 81.1 cm³/mol. The van der Waals surface area contributed by atoms with E-state index in [1.807, 2.05) is 0 Å². The van der Waals surface area contributed by atoms with Gasteiger partial charge in [0.2, 0.25) is 0 Å². The van der Waals surface area contributed by atoms with Crippen LogP contribution >= 0.6 is 12.4 Å². The molecule has 2 heteroatoms. The van der Waals surface area contributed by atoms with Gasteiger partial charge in [-0.15, -0.1) is 12.4 Å². The molecule has 1 aliphatic rings. The summed E-state index contributed by atoms with van der Waals surface area (Å²) in [5.41, 5.74) is 1.40. The van der Waals surface area contributed by atoms with Crippen LogP contribution in [-0.2, 0) is 6.54 Å². The highest BCUT2D eigenvalue weighted by Gasteiger charge is 2.22. The fourth-order valence-electron chi connectivity index (χ4n) is 2.85. The molecule has 1 nitrogen and oxygen atoms in total. The molecule has 0 aliphatic heterocycles. The average molecular weight is 268 g/mol. The molecule has 0 aromatic heterocycles. The Balaban J connectivity index is 0.00000162. The number of nitrogens with one attached hydrogen (secondary N) is 1. The highest BCUT2D eigenvalue weighted by molar-refractivity contribution is 5.85.